The summed E-state index contributed by atoms with van der Waals surface area (Å²) in [5.74, 6) is 0. The Morgan fingerprint density at radius 1 is 1.22 bits per heavy atom. The quantitative estimate of drug-likeness (QED) is 0.753. The number of hydrogen-bond acceptors (Lipinski definition) is 2. The molecule has 1 saturated carbocycles. The van der Waals surface area contributed by atoms with E-state index in [1.54, 1.807) is 6.07 Å². The van der Waals surface area contributed by atoms with Crippen molar-refractivity contribution >= 4 is 6.29 Å². The summed E-state index contributed by atoms with van der Waals surface area (Å²) in [4.78, 5) is 23.3. The zero-order chi connectivity index (χ0) is 13.3. The van der Waals surface area contributed by atoms with Gasteiger partial charge in [-0.25, -0.2) is 0 Å². The maximum absolute atomic E-state index is 12.4. The highest BCUT2D eigenvalue weighted by Gasteiger charge is 2.26. The Hall–Kier alpha value is -1.38. The van der Waals surface area contributed by atoms with Gasteiger partial charge in [-0.05, 0) is 25.0 Å². The lowest BCUT2D eigenvalue weighted by Gasteiger charge is -2.27. The van der Waals surface area contributed by atoms with Crippen LogP contribution < -0.4 is 5.56 Å². The molecule has 0 bridgehead atoms. The minimum Gasteiger partial charge on any atom is -0.308 e. The van der Waals surface area contributed by atoms with Crippen molar-refractivity contribution < 1.29 is 4.79 Å². The summed E-state index contributed by atoms with van der Waals surface area (Å²) in [6, 6.07) is 3.86. The molecular formula is C15H21NO2. The van der Waals surface area contributed by atoms with Crippen LogP contribution in [-0.2, 0) is 5.41 Å². The third kappa shape index (κ3) is 2.26. The van der Waals surface area contributed by atoms with Gasteiger partial charge in [-0.15, -0.1) is 0 Å². The van der Waals surface area contributed by atoms with Gasteiger partial charge >= 0.3 is 0 Å². The minimum absolute atomic E-state index is 0.0802. The first-order chi connectivity index (χ1) is 8.45. The van der Waals surface area contributed by atoms with Crippen LogP contribution in [0.25, 0.3) is 0 Å². The molecule has 0 radical (unpaired) electrons. The van der Waals surface area contributed by atoms with Crippen LogP contribution in [0.1, 0.15) is 68.5 Å². The van der Waals surface area contributed by atoms with Crippen molar-refractivity contribution in [1.29, 1.82) is 0 Å². The average molecular weight is 247 g/mol. The molecule has 1 aliphatic rings. The average Bonchev–Trinajstić information content (AvgIpc) is 2.80. The number of carbonyl (C=O) groups excluding carboxylic acids is 1. The fourth-order valence-corrected chi connectivity index (χ4v) is 2.79. The van der Waals surface area contributed by atoms with Crippen molar-refractivity contribution in [1.82, 2.24) is 4.57 Å². The minimum atomic E-state index is -0.121. The molecule has 0 unspecified atom stereocenters. The lowest BCUT2D eigenvalue weighted by molar-refractivity contribution is 0.112. The third-order valence-electron chi connectivity index (χ3n) is 3.73. The number of hydrogen-bond donors (Lipinski definition) is 0. The molecule has 98 valence electrons. The Kier molecular flexibility index (Phi) is 3.42. The first kappa shape index (κ1) is 13.1. The van der Waals surface area contributed by atoms with Gasteiger partial charge in [-0.2, -0.15) is 0 Å². The molecule has 1 aromatic heterocycles. The van der Waals surface area contributed by atoms with E-state index >= 15 is 0 Å². The number of aromatic nitrogens is 1. The SMILES string of the molecule is CC(C)(C)c1ccc(C=O)c(=O)n1C1CCCC1. The Morgan fingerprint density at radius 3 is 2.33 bits per heavy atom. The summed E-state index contributed by atoms with van der Waals surface area (Å²) in [6.45, 7) is 6.31. The molecule has 18 heavy (non-hydrogen) atoms. The third-order valence-corrected chi connectivity index (χ3v) is 3.73. The van der Waals surface area contributed by atoms with Crippen LogP contribution in [0, 0.1) is 0 Å². The van der Waals surface area contributed by atoms with Gasteiger partial charge in [-0.1, -0.05) is 33.6 Å². The summed E-state index contributed by atoms with van der Waals surface area (Å²) < 4.78 is 1.87. The zero-order valence-corrected chi connectivity index (χ0v) is 11.4. The standard InChI is InChI=1S/C15H21NO2/c1-15(2,3)13-9-8-11(10-17)14(18)16(13)12-6-4-5-7-12/h8-10,12H,4-7H2,1-3H3. The molecule has 0 aliphatic heterocycles. The summed E-state index contributed by atoms with van der Waals surface area (Å²) >= 11 is 0. The normalized spacial score (nSPS) is 17.1. The molecule has 1 heterocycles. The Labute approximate surface area is 108 Å². The van der Waals surface area contributed by atoms with Gasteiger partial charge in [0, 0.05) is 17.2 Å². The second kappa shape index (κ2) is 4.71. The first-order valence-corrected chi connectivity index (χ1v) is 6.66. The molecule has 0 saturated heterocycles. The molecule has 1 aliphatic carbocycles. The summed E-state index contributed by atoms with van der Waals surface area (Å²) in [7, 11) is 0. The monoisotopic (exact) mass is 247 g/mol. The lowest BCUT2D eigenvalue weighted by Crippen LogP contribution is -2.33. The number of aldehydes is 1. The Morgan fingerprint density at radius 2 is 1.83 bits per heavy atom. The topological polar surface area (TPSA) is 39.1 Å². The van der Waals surface area contributed by atoms with Crippen molar-refractivity contribution in [2.75, 3.05) is 0 Å². The van der Waals surface area contributed by atoms with E-state index in [9.17, 15) is 9.59 Å². The van der Waals surface area contributed by atoms with Crippen LogP contribution in [0.5, 0.6) is 0 Å². The highest BCUT2D eigenvalue weighted by atomic mass is 16.1. The smallest absolute Gasteiger partial charge is 0.261 e. The van der Waals surface area contributed by atoms with Crippen molar-refractivity contribution in [3.05, 3.63) is 33.7 Å². The number of pyridine rings is 1. The summed E-state index contributed by atoms with van der Waals surface area (Å²) in [6.07, 6.45) is 5.11. The van der Waals surface area contributed by atoms with Crippen molar-refractivity contribution in [3.63, 3.8) is 0 Å². The molecule has 2 rings (SSSR count). The van der Waals surface area contributed by atoms with Crippen molar-refractivity contribution in [3.8, 4) is 0 Å². The van der Waals surface area contributed by atoms with E-state index in [-0.39, 0.29) is 22.6 Å². The van der Waals surface area contributed by atoms with Crippen LogP contribution in [0.15, 0.2) is 16.9 Å². The van der Waals surface area contributed by atoms with Crippen molar-refractivity contribution in [2.24, 2.45) is 0 Å². The lowest BCUT2D eigenvalue weighted by atomic mass is 9.90. The first-order valence-electron chi connectivity index (χ1n) is 6.66. The highest BCUT2D eigenvalue weighted by molar-refractivity contribution is 5.74. The van der Waals surface area contributed by atoms with Gasteiger partial charge < -0.3 is 4.57 Å². The Bertz CT molecular complexity index is 502. The van der Waals surface area contributed by atoms with Gasteiger partial charge in [0.15, 0.2) is 6.29 Å². The molecule has 0 N–H and O–H groups in total. The summed E-state index contributed by atoms with van der Waals surface area (Å²) in [5.41, 5.74) is 1.10. The van der Waals surface area contributed by atoms with E-state index < -0.39 is 0 Å². The van der Waals surface area contributed by atoms with E-state index in [0.29, 0.717) is 6.29 Å². The molecule has 1 fully saturated rings. The van der Waals surface area contributed by atoms with E-state index in [4.69, 9.17) is 0 Å². The van der Waals surface area contributed by atoms with Crippen LogP contribution >= 0.6 is 0 Å². The van der Waals surface area contributed by atoms with Gasteiger partial charge in [0.1, 0.15) is 0 Å². The van der Waals surface area contributed by atoms with Crippen LogP contribution in [0.4, 0.5) is 0 Å². The molecule has 0 atom stereocenters. The highest BCUT2D eigenvalue weighted by Crippen LogP contribution is 2.32. The van der Waals surface area contributed by atoms with Gasteiger partial charge in [-0.3, -0.25) is 9.59 Å². The maximum Gasteiger partial charge on any atom is 0.261 e. The molecule has 0 amide bonds. The number of carbonyl (C=O) groups is 1. The number of nitrogens with zero attached hydrogens (tertiary/aromatic N) is 1. The fourth-order valence-electron chi connectivity index (χ4n) is 2.79. The second-order valence-electron chi connectivity index (χ2n) is 6.16. The number of rotatable bonds is 2. The van der Waals surface area contributed by atoms with Gasteiger partial charge in [0.25, 0.3) is 5.56 Å². The fraction of sp³-hybridized carbons (Fsp3) is 0.600. The maximum atomic E-state index is 12.4. The van der Waals surface area contributed by atoms with Crippen LogP contribution in [-0.4, -0.2) is 10.9 Å². The molecule has 3 heteroatoms. The van der Waals surface area contributed by atoms with Gasteiger partial charge in [0.2, 0.25) is 0 Å². The molecule has 1 aromatic rings. The van der Waals surface area contributed by atoms with Crippen LogP contribution in [0.2, 0.25) is 0 Å². The Balaban J connectivity index is 2.64. The van der Waals surface area contributed by atoms with E-state index in [2.05, 4.69) is 20.8 Å². The summed E-state index contributed by atoms with van der Waals surface area (Å²) in [5, 5.41) is 0. The zero-order valence-electron chi connectivity index (χ0n) is 11.4. The second-order valence-corrected chi connectivity index (χ2v) is 6.16. The predicted molar refractivity (Wildman–Crippen MR) is 72.3 cm³/mol. The molecular weight excluding hydrogens is 226 g/mol. The van der Waals surface area contributed by atoms with E-state index in [0.717, 1.165) is 18.5 Å². The van der Waals surface area contributed by atoms with Crippen LogP contribution in [0.3, 0.4) is 0 Å². The van der Waals surface area contributed by atoms with Crippen molar-refractivity contribution in [2.45, 2.75) is 57.9 Å². The van der Waals surface area contributed by atoms with E-state index in [1.165, 1.54) is 12.8 Å². The molecule has 0 spiro atoms. The van der Waals surface area contributed by atoms with E-state index in [1.807, 2.05) is 10.6 Å². The van der Waals surface area contributed by atoms with Gasteiger partial charge in [0.05, 0.1) is 5.56 Å². The predicted octanol–water partition coefficient (Wildman–Crippen LogP) is 3.07. The largest absolute Gasteiger partial charge is 0.308 e. The molecule has 0 aromatic carbocycles. The molecule has 3 nitrogen and oxygen atoms in total.